The van der Waals surface area contributed by atoms with E-state index in [0.29, 0.717) is 6.42 Å². The zero-order valence-corrected chi connectivity index (χ0v) is 7.83. The highest BCUT2D eigenvalue weighted by atomic mass is 16.5. The number of fused-ring (bicyclic) bond motifs is 1. The summed E-state index contributed by atoms with van der Waals surface area (Å²) in [5, 5.41) is 0. The van der Waals surface area contributed by atoms with Crippen LogP contribution in [0.15, 0.2) is 18.2 Å². The zero-order valence-electron chi connectivity index (χ0n) is 7.83. The Kier molecular flexibility index (Phi) is 1.83. The van der Waals surface area contributed by atoms with Gasteiger partial charge in [-0.25, -0.2) is 0 Å². The van der Waals surface area contributed by atoms with Gasteiger partial charge in [0.25, 0.3) is 0 Å². The summed E-state index contributed by atoms with van der Waals surface area (Å²) in [6.45, 7) is 3.94. The summed E-state index contributed by atoms with van der Waals surface area (Å²) >= 11 is 0. The van der Waals surface area contributed by atoms with E-state index in [4.69, 9.17) is 4.74 Å². The monoisotopic (exact) mass is 176 g/mol. The van der Waals surface area contributed by atoms with Crippen molar-refractivity contribution in [2.45, 2.75) is 26.4 Å². The van der Waals surface area contributed by atoms with Crippen molar-refractivity contribution >= 4 is 5.97 Å². The van der Waals surface area contributed by atoms with E-state index in [2.05, 4.69) is 0 Å². The Balaban J connectivity index is 2.54. The fourth-order valence-corrected chi connectivity index (χ4v) is 1.79. The predicted octanol–water partition coefficient (Wildman–Crippen LogP) is 2.16. The summed E-state index contributed by atoms with van der Waals surface area (Å²) in [6, 6.07) is 6.06. The number of ether oxygens (including phenoxy) is 1. The minimum atomic E-state index is -0.116. The maximum absolute atomic E-state index is 11.2. The number of benzene rings is 1. The topological polar surface area (TPSA) is 26.3 Å². The van der Waals surface area contributed by atoms with Crippen molar-refractivity contribution in [3.63, 3.8) is 0 Å². The van der Waals surface area contributed by atoms with Gasteiger partial charge in [0.05, 0.1) is 6.42 Å². The molecule has 0 aliphatic carbocycles. The van der Waals surface area contributed by atoms with Gasteiger partial charge in [-0.05, 0) is 30.5 Å². The summed E-state index contributed by atoms with van der Waals surface area (Å²) in [5.41, 5.74) is 3.48. The summed E-state index contributed by atoms with van der Waals surface area (Å²) < 4.78 is 5.13. The van der Waals surface area contributed by atoms with Crippen LogP contribution in [0.25, 0.3) is 0 Å². The van der Waals surface area contributed by atoms with Crippen molar-refractivity contribution in [2.75, 3.05) is 0 Å². The van der Waals surface area contributed by atoms with Crippen LogP contribution >= 0.6 is 0 Å². The molecule has 0 N–H and O–H groups in total. The molecular weight excluding hydrogens is 164 g/mol. The standard InChI is InChI=1S/C11H12O2/c1-7-4-3-5-9-8(2)13-11(12)6-10(7)9/h3-5,8H,6H2,1-2H3. The summed E-state index contributed by atoms with van der Waals surface area (Å²) in [5.74, 6) is -0.116. The summed E-state index contributed by atoms with van der Waals surface area (Å²) in [7, 11) is 0. The maximum Gasteiger partial charge on any atom is 0.310 e. The first-order valence-electron chi connectivity index (χ1n) is 4.46. The molecule has 0 aromatic heterocycles. The van der Waals surface area contributed by atoms with Crippen LogP contribution in [0.5, 0.6) is 0 Å². The van der Waals surface area contributed by atoms with Gasteiger partial charge < -0.3 is 4.74 Å². The van der Waals surface area contributed by atoms with E-state index < -0.39 is 0 Å². The Morgan fingerprint density at radius 1 is 1.46 bits per heavy atom. The lowest BCUT2D eigenvalue weighted by molar-refractivity contribution is -0.149. The van der Waals surface area contributed by atoms with E-state index in [1.807, 2.05) is 32.0 Å². The number of rotatable bonds is 0. The molecule has 0 amide bonds. The zero-order chi connectivity index (χ0) is 9.42. The van der Waals surface area contributed by atoms with Crippen LogP contribution in [-0.4, -0.2) is 5.97 Å². The first-order chi connectivity index (χ1) is 6.18. The number of cyclic esters (lactones) is 1. The van der Waals surface area contributed by atoms with Gasteiger partial charge in [0, 0.05) is 0 Å². The SMILES string of the molecule is Cc1cccc2c1CC(=O)OC2C. The number of hydrogen-bond acceptors (Lipinski definition) is 2. The van der Waals surface area contributed by atoms with Gasteiger partial charge in [0.1, 0.15) is 6.10 Å². The number of carbonyl (C=O) groups is 1. The molecule has 1 unspecified atom stereocenters. The molecule has 0 fully saturated rings. The highest BCUT2D eigenvalue weighted by molar-refractivity contribution is 5.75. The van der Waals surface area contributed by atoms with Gasteiger partial charge in [0.15, 0.2) is 0 Å². The predicted molar refractivity (Wildman–Crippen MR) is 49.4 cm³/mol. The lowest BCUT2D eigenvalue weighted by atomic mass is 9.94. The van der Waals surface area contributed by atoms with Gasteiger partial charge in [-0.2, -0.15) is 0 Å². The van der Waals surface area contributed by atoms with Crippen LogP contribution in [-0.2, 0) is 16.0 Å². The fraction of sp³-hybridized carbons (Fsp3) is 0.364. The summed E-state index contributed by atoms with van der Waals surface area (Å²) in [4.78, 5) is 11.2. The van der Waals surface area contributed by atoms with Crippen molar-refractivity contribution in [1.82, 2.24) is 0 Å². The molecule has 0 saturated carbocycles. The third kappa shape index (κ3) is 1.32. The largest absolute Gasteiger partial charge is 0.458 e. The van der Waals surface area contributed by atoms with Crippen LogP contribution in [0.4, 0.5) is 0 Å². The van der Waals surface area contributed by atoms with Crippen LogP contribution in [0.3, 0.4) is 0 Å². The molecule has 0 saturated heterocycles. The molecule has 1 atom stereocenters. The Hall–Kier alpha value is -1.31. The average Bonchev–Trinajstić information content (AvgIpc) is 2.07. The molecule has 68 valence electrons. The van der Waals surface area contributed by atoms with E-state index in [1.165, 1.54) is 5.56 Å². The first-order valence-corrected chi connectivity index (χ1v) is 4.46. The van der Waals surface area contributed by atoms with Gasteiger partial charge >= 0.3 is 5.97 Å². The number of hydrogen-bond donors (Lipinski definition) is 0. The van der Waals surface area contributed by atoms with Gasteiger partial charge in [-0.3, -0.25) is 4.79 Å². The molecule has 1 aliphatic heterocycles. The first kappa shape index (κ1) is 8.30. The average molecular weight is 176 g/mol. The second kappa shape index (κ2) is 2.87. The molecule has 0 bridgehead atoms. The highest BCUT2D eigenvalue weighted by Gasteiger charge is 2.23. The number of aryl methyl sites for hydroxylation is 1. The van der Waals surface area contributed by atoms with E-state index in [0.717, 1.165) is 11.1 Å². The van der Waals surface area contributed by atoms with Crippen molar-refractivity contribution in [2.24, 2.45) is 0 Å². The maximum atomic E-state index is 11.2. The fourth-order valence-electron chi connectivity index (χ4n) is 1.79. The van der Waals surface area contributed by atoms with E-state index >= 15 is 0 Å². The van der Waals surface area contributed by atoms with Gasteiger partial charge in [0.2, 0.25) is 0 Å². The van der Waals surface area contributed by atoms with E-state index in [-0.39, 0.29) is 12.1 Å². The molecule has 0 radical (unpaired) electrons. The van der Waals surface area contributed by atoms with Crippen molar-refractivity contribution in [1.29, 1.82) is 0 Å². The molecule has 1 aliphatic rings. The lowest BCUT2D eigenvalue weighted by Gasteiger charge is -2.23. The van der Waals surface area contributed by atoms with E-state index in [1.54, 1.807) is 0 Å². The number of carbonyl (C=O) groups excluding carboxylic acids is 1. The minimum Gasteiger partial charge on any atom is -0.458 e. The quantitative estimate of drug-likeness (QED) is 0.566. The lowest BCUT2D eigenvalue weighted by Crippen LogP contribution is -2.20. The van der Waals surface area contributed by atoms with Crippen molar-refractivity contribution in [3.05, 3.63) is 34.9 Å². The van der Waals surface area contributed by atoms with Crippen LogP contribution in [0.2, 0.25) is 0 Å². The second-order valence-electron chi connectivity index (χ2n) is 3.45. The van der Waals surface area contributed by atoms with Crippen molar-refractivity contribution < 1.29 is 9.53 Å². The Morgan fingerprint density at radius 2 is 2.23 bits per heavy atom. The van der Waals surface area contributed by atoms with Crippen LogP contribution in [0, 0.1) is 6.92 Å². The Labute approximate surface area is 77.5 Å². The highest BCUT2D eigenvalue weighted by Crippen LogP contribution is 2.28. The van der Waals surface area contributed by atoms with E-state index in [9.17, 15) is 4.79 Å². The molecule has 1 aromatic carbocycles. The van der Waals surface area contributed by atoms with Crippen LogP contribution < -0.4 is 0 Å². The molecule has 1 aromatic rings. The number of esters is 1. The molecule has 1 heterocycles. The molecule has 0 spiro atoms. The molecule has 2 heteroatoms. The minimum absolute atomic E-state index is 0.0869. The Bertz CT molecular complexity index is 355. The third-order valence-electron chi connectivity index (χ3n) is 2.51. The van der Waals surface area contributed by atoms with Gasteiger partial charge in [-0.1, -0.05) is 18.2 Å². The second-order valence-corrected chi connectivity index (χ2v) is 3.45. The Morgan fingerprint density at radius 3 is 3.00 bits per heavy atom. The van der Waals surface area contributed by atoms with Gasteiger partial charge in [-0.15, -0.1) is 0 Å². The molecule has 2 rings (SSSR count). The third-order valence-corrected chi connectivity index (χ3v) is 2.51. The summed E-state index contributed by atoms with van der Waals surface area (Å²) in [6.07, 6.45) is 0.336. The van der Waals surface area contributed by atoms with Crippen LogP contribution in [0.1, 0.15) is 29.7 Å². The normalized spacial score (nSPS) is 20.8. The molecule has 13 heavy (non-hydrogen) atoms. The molecule has 2 nitrogen and oxygen atoms in total. The smallest absolute Gasteiger partial charge is 0.310 e. The van der Waals surface area contributed by atoms with Crippen molar-refractivity contribution in [3.8, 4) is 0 Å². The molecular formula is C11H12O2.